The Kier molecular flexibility index (Phi) is 7.08. The Labute approximate surface area is 259 Å². The lowest BCUT2D eigenvalue weighted by atomic mass is 9.86. The largest absolute Gasteiger partial charge is 0.511 e. The fraction of sp³-hybridized carbons (Fsp3) is 0.444. The van der Waals surface area contributed by atoms with E-state index in [1.807, 2.05) is 6.92 Å². The molecule has 6 aliphatic heterocycles. The highest BCUT2D eigenvalue weighted by Gasteiger charge is 2.41. The van der Waals surface area contributed by atoms with Gasteiger partial charge in [0.2, 0.25) is 0 Å². The maximum atomic E-state index is 12.3. The summed E-state index contributed by atoms with van der Waals surface area (Å²) in [5.74, 6) is 0.286. The molecule has 0 aromatic carbocycles. The summed E-state index contributed by atoms with van der Waals surface area (Å²) >= 11 is 0. The molecule has 1 aliphatic carbocycles. The van der Waals surface area contributed by atoms with Gasteiger partial charge in [-0.2, -0.15) is 0 Å². The summed E-state index contributed by atoms with van der Waals surface area (Å²) in [5.41, 5.74) is 15.2. The van der Waals surface area contributed by atoms with Crippen LogP contribution in [0.3, 0.4) is 0 Å². The van der Waals surface area contributed by atoms with Crippen LogP contribution in [0.2, 0.25) is 0 Å². The number of carbonyl (C=O) groups excluding carboxylic acids is 1. The number of nitrogens with one attached hydrogen (secondary N) is 1. The van der Waals surface area contributed by atoms with Crippen molar-refractivity contribution < 1.29 is 14.6 Å². The molecule has 8 bridgehead atoms. The summed E-state index contributed by atoms with van der Waals surface area (Å²) in [6.07, 6.45) is 9.92. The minimum atomic E-state index is -0.217. The monoisotopic (exact) mass is 591 g/mol. The zero-order valence-electron chi connectivity index (χ0n) is 26.6. The van der Waals surface area contributed by atoms with Crippen molar-refractivity contribution in [2.24, 2.45) is 26.8 Å². The molecule has 44 heavy (non-hydrogen) atoms. The first-order valence-corrected chi connectivity index (χ1v) is 15.9. The van der Waals surface area contributed by atoms with Gasteiger partial charge in [0.15, 0.2) is 0 Å². The molecule has 0 radical (unpaired) electrons. The number of nitrogens with zero attached hydrogens (tertiary/aromatic N) is 4. The van der Waals surface area contributed by atoms with Gasteiger partial charge in [-0.1, -0.05) is 13.8 Å². The van der Waals surface area contributed by atoms with Crippen LogP contribution in [0.5, 0.6) is 0 Å². The van der Waals surface area contributed by atoms with E-state index in [-0.39, 0.29) is 17.8 Å². The Hall–Kier alpha value is -4.04. The molecule has 2 N–H and O–H groups in total. The van der Waals surface area contributed by atoms with Gasteiger partial charge in [-0.05, 0) is 99.2 Å². The molecule has 0 amide bonds. The van der Waals surface area contributed by atoms with Gasteiger partial charge in [0, 0.05) is 53.8 Å². The number of ether oxygens (including phenoxy) is 1. The van der Waals surface area contributed by atoms with E-state index in [2.05, 4.69) is 56.1 Å². The van der Waals surface area contributed by atoms with Gasteiger partial charge < -0.3 is 15.2 Å². The maximum Gasteiger partial charge on any atom is 0.305 e. The molecule has 0 unspecified atom stereocenters. The minimum Gasteiger partial charge on any atom is -0.511 e. The predicted octanol–water partition coefficient (Wildman–Crippen LogP) is 6.32. The van der Waals surface area contributed by atoms with Gasteiger partial charge in [0.05, 0.1) is 41.3 Å². The molecule has 0 aromatic rings. The van der Waals surface area contributed by atoms with Gasteiger partial charge in [-0.15, -0.1) is 0 Å². The number of aliphatic hydroxyl groups is 1. The molecule has 8 heteroatoms. The maximum absolute atomic E-state index is 12.3. The Morgan fingerprint density at radius 3 is 2.41 bits per heavy atom. The number of allylic oxidation sites excluding steroid dienone is 11. The number of methoxy groups -OCH3 is 1. The van der Waals surface area contributed by atoms with Gasteiger partial charge in [-0.3, -0.25) is 9.69 Å². The smallest absolute Gasteiger partial charge is 0.305 e. The van der Waals surface area contributed by atoms with E-state index in [4.69, 9.17) is 19.7 Å². The van der Waals surface area contributed by atoms with E-state index >= 15 is 0 Å². The van der Waals surface area contributed by atoms with Crippen LogP contribution in [0, 0.1) is 11.8 Å². The number of aliphatic imine (C=N–C) groups is 3. The first kappa shape index (κ1) is 28.7. The third-order valence-corrected chi connectivity index (χ3v) is 10.4. The van der Waals surface area contributed by atoms with Crippen LogP contribution < -0.4 is 5.32 Å². The zero-order valence-corrected chi connectivity index (χ0v) is 26.6. The summed E-state index contributed by atoms with van der Waals surface area (Å²) in [7, 11) is 1.44. The number of aliphatic hydroxyl groups excluding tert-OH is 1. The number of carbonyl (C=O) groups is 1. The molecule has 0 aromatic heterocycles. The van der Waals surface area contributed by atoms with Gasteiger partial charge in [-0.25, -0.2) is 15.0 Å². The second-order valence-electron chi connectivity index (χ2n) is 12.8. The fourth-order valence-electron chi connectivity index (χ4n) is 7.50. The number of likely N-dealkylation sites (tertiary alicyclic amines) is 1. The molecule has 6 heterocycles. The van der Waals surface area contributed by atoms with Gasteiger partial charge in [0.1, 0.15) is 5.76 Å². The molecule has 7 rings (SSSR count). The van der Waals surface area contributed by atoms with Crippen molar-refractivity contribution in [3.8, 4) is 0 Å². The number of hydrogen-bond donors (Lipinski definition) is 2. The minimum absolute atomic E-state index is 0.0456. The topological polar surface area (TPSA) is 98.9 Å². The molecule has 2 saturated heterocycles. The van der Waals surface area contributed by atoms with Crippen LogP contribution in [0.15, 0.2) is 106 Å². The predicted molar refractivity (Wildman–Crippen MR) is 174 cm³/mol. The van der Waals surface area contributed by atoms with E-state index in [9.17, 15) is 9.90 Å². The SMILES string of the molecule is CCC1=C(C)C2=NC1=CC1=C(C)C3=C(O)CC(=C4NC(=CC5=NC(=C2)C(CN2CCC2)=C5C)[C@@H](C)[C@@H]4CCC(=O)OC)C3=N1. The van der Waals surface area contributed by atoms with Crippen LogP contribution in [0.4, 0.5) is 0 Å². The van der Waals surface area contributed by atoms with Crippen LogP contribution in [-0.4, -0.2) is 59.9 Å². The summed E-state index contributed by atoms with van der Waals surface area (Å²) in [4.78, 5) is 30.3. The number of fused-ring (bicyclic) bond motifs is 5. The van der Waals surface area contributed by atoms with Crippen LogP contribution in [0.25, 0.3) is 0 Å². The van der Waals surface area contributed by atoms with Gasteiger partial charge in [0.25, 0.3) is 0 Å². The molecule has 228 valence electrons. The highest BCUT2D eigenvalue weighted by atomic mass is 16.5. The lowest BCUT2D eigenvalue weighted by molar-refractivity contribution is -0.140. The standard InChI is InChI=1S/C36H41N5O3/c1-7-22-18(2)27-15-31-25(17-41-11-8-12-41)20(4)26(38-31)14-28-19(3)23(9-10-33(43)44-6)35(39-28)24-13-32(42)34-21(5)29(40-36(24)34)16-30(22)37-27/h14-16,19,23,39,42H,7-13,17H2,1-6H3/t19-,23-/m0/s1. The van der Waals surface area contributed by atoms with E-state index in [0.29, 0.717) is 25.0 Å². The van der Waals surface area contributed by atoms with Crippen molar-refractivity contribution in [3.05, 3.63) is 91.5 Å². The third kappa shape index (κ3) is 4.53. The molecule has 2 atom stereocenters. The number of rotatable bonds is 6. The molecule has 0 saturated carbocycles. The summed E-state index contributed by atoms with van der Waals surface area (Å²) < 4.78 is 5.01. The average Bonchev–Trinajstić information content (AvgIpc) is 3.72. The molecule has 2 fully saturated rings. The molecule has 8 nitrogen and oxygen atoms in total. The molecule has 0 spiro atoms. The van der Waals surface area contributed by atoms with Crippen molar-refractivity contribution in [2.45, 2.75) is 66.7 Å². The van der Waals surface area contributed by atoms with Crippen LogP contribution >= 0.6 is 0 Å². The molecular formula is C36H41N5O3. The van der Waals surface area contributed by atoms with Gasteiger partial charge >= 0.3 is 5.97 Å². The lowest BCUT2D eigenvalue weighted by Gasteiger charge is -2.31. The first-order chi connectivity index (χ1) is 21.2. The quantitative estimate of drug-likeness (QED) is 0.353. The zero-order chi connectivity index (χ0) is 30.9. The highest BCUT2D eigenvalue weighted by Crippen LogP contribution is 2.46. The Morgan fingerprint density at radius 1 is 1.02 bits per heavy atom. The first-order valence-electron chi connectivity index (χ1n) is 15.9. The third-order valence-electron chi connectivity index (χ3n) is 10.4. The summed E-state index contributed by atoms with van der Waals surface area (Å²) in [6, 6.07) is 0. The fourth-order valence-corrected chi connectivity index (χ4v) is 7.50. The van der Waals surface area contributed by atoms with Crippen LogP contribution in [0.1, 0.15) is 66.7 Å². The van der Waals surface area contributed by atoms with Crippen molar-refractivity contribution in [3.63, 3.8) is 0 Å². The van der Waals surface area contributed by atoms with Crippen molar-refractivity contribution >= 4 is 23.1 Å². The van der Waals surface area contributed by atoms with Crippen molar-refractivity contribution in [1.29, 1.82) is 0 Å². The highest BCUT2D eigenvalue weighted by molar-refractivity contribution is 6.21. The van der Waals surface area contributed by atoms with E-state index in [1.54, 1.807) is 0 Å². The Balaban J connectivity index is 1.43. The lowest BCUT2D eigenvalue weighted by Crippen LogP contribution is -2.38. The number of esters is 1. The van der Waals surface area contributed by atoms with Crippen LogP contribution in [-0.2, 0) is 9.53 Å². The molecular weight excluding hydrogens is 550 g/mol. The second kappa shape index (κ2) is 10.8. The summed E-state index contributed by atoms with van der Waals surface area (Å²) in [5, 5.41) is 15.0. The Bertz CT molecular complexity index is 1750. The average molecular weight is 592 g/mol. The normalized spacial score (nSPS) is 26.1. The molecule has 7 aliphatic rings. The van der Waals surface area contributed by atoms with Crippen molar-refractivity contribution in [2.75, 3.05) is 26.7 Å². The van der Waals surface area contributed by atoms with E-state index < -0.39 is 0 Å². The Morgan fingerprint density at radius 2 is 1.73 bits per heavy atom. The number of hydrogen-bond acceptors (Lipinski definition) is 8. The van der Waals surface area contributed by atoms with E-state index in [1.165, 1.54) is 35.8 Å². The van der Waals surface area contributed by atoms with E-state index in [0.717, 1.165) is 88.4 Å². The van der Waals surface area contributed by atoms with Crippen molar-refractivity contribution in [1.82, 2.24) is 10.2 Å². The second-order valence-corrected chi connectivity index (χ2v) is 12.8. The summed E-state index contributed by atoms with van der Waals surface area (Å²) in [6.45, 7) is 13.9.